The Hall–Kier alpha value is -1.09. The molecule has 0 aliphatic carbocycles. The maximum atomic E-state index is 5.60. The van der Waals surface area contributed by atoms with Gasteiger partial charge in [-0.05, 0) is 12.0 Å². The second-order valence-electron chi connectivity index (χ2n) is 3.83. The van der Waals surface area contributed by atoms with Crippen LogP contribution in [0.1, 0.15) is 25.5 Å². The fourth-order valence-electron chi connectivity index (χ4n) is 1.27. The van der Waals surface area contributed by atoms with Gasteiger partial charge in [-0.1, -0.05) is 19.9 Å². The summed E-state index contributed by atoms with van der Waals surface area (Å²) in [5.74, 6) is 1.15. The van der Waals surface area contributed by atoms with Gasteiger partial charge >= 0.3 is 0 Å². The highest BCUT2D eigenvalue weighted by atomic mass is 16.6. The Morgan fingerprint density at radius 2 is 2.21 bits per heavy atom. The van der Waals surface area contributed by atoms with E-state index < -0.39 is 0 Å². The predicted molar refractivity (Wildman–Crippen MR) is 53.6 cm³/mol. The Morgan fingerprint density at radius 1 is 1.43 bits per heavy atom. The van der Waals surface area contributed by atoms with Gasteiger partial charge in [-0.3, -0.25) is 0 Å². The van der Waals surface area contributed by atoms with Gasteiger partial charge in [-0.2, -0.15) is 0 Å². The van der Waals surface area contributed by atoms with E-state index in [9.17, 15) is 0 Å². The van der Waals surface area contributed by atoms with Gasteiger partial charge in [-0.25, -0.2) is 4.98 Å². The lowest BCUT2D eigenvalue weighted by atomic mass is 10.1. The third-order valence-corrected chi connectivity index (χ3v) is 2.23. The maximum absolute atomic E-state index is 5.60. The fraction of sp³-hybridized carbons (Fsp3) is 0.545. The van der Waals surface area contributed by atoms with Crippen LogP contribution in [-0.4, -0.2) is 24.3 Å². The van der Waals surface area contributed by atoms with E-state index in [1.54, 1.807) is 0 Å². The molecule has 1 aliphatic heterocycles. The molecule has 1 aromatic rings. The van der Waals surface area contributed by atoms with Gasteiger partial charge in [0.05, 0.1) is 13.2 Å². The van der Waals surface area contributed by atoms with E-state index in [0.717, 1.165) is 5.69 Å². The molecule has 0 bridgehead atoms. The highest BCUT2D eigenvalue weighted by molar-refractivity contribution is 5.18. The van der Waals surface area contributed by atoms with Crippen molar-refractivity contribution in [1.82, 2.24) is 4.98 Å². The molecule has 1 saturated heterocycles. The first kappa shape index (κ1) is 9.46. The molecule has 14 heavy (non-hydrogen) atoms. The molecule has 1 fully saturated rings. The predicted octanol–water partition coefficient (Wildman–Crippen LogP) is 1.98. The first-order valence-corrected chi connectivity index (χ1v) is 4.97. The molecule has 1 aromatic heterocycles. The number of rotatable bonds is 3. The van der Waals surface area contributed by atoms with Crippen LogP contribution < -0.4 is 4.74 Å². The van der Waals surface area contributed by atoms with Crippen molar-refractivity contribution < 1.29 is 9.47 Å². The topological polar surface area (TPSA) is 31.4 Å². The zero-order valence-electron chi connectivity index (χ0n) is 8.56. The molecule has 2 heterocycles. The zero-order valence-corrected chi connectivity index (χ0v) is 8.56. The summed E-state index contributed by atoms with van der Waals surface area (Å²) >= 11 is 0. The van der Waals surface area contributed by atoms with Crippen LogP contribution in [0.15, 0.2) is 18.2 Å². The minimum atomic E-state index is 0.199. The summed E-state index contributed by atoms with van der Waals surface area (Å²) in [5, 5.41) is 0. The smallest absolute Gasteiger partial charge is 0.213 e. The number of pyridine rings is 1. The second-order valence-corrected chi connectivity index (χ2v) is 3.83. The van der Waals surface area contributed by atoms with Crippen LogP contribution in [0, 0.1) is 0 Å². The van der Waals surface area contributed by atoms with E-state index in [2.05, 4.69) is 18.8 Å². The van der Waals surface area contributed by atoms with Gasteiger partial charge in [0.1, 0.15) is 6.10 Å². The largest absolute Gasteiger partial charge is 0.469 e. The first-order valence-electron chi connectivity index (χ1n) is 4.97. The third-order valence-electron chi connectivity index (χ3n) is 2.23. The molecule has 0 saturated carbocycles. The Bertz CT molecular complexity index is 308. The van der Waals surface area contributed by atoms with E-state index in [-0.39, 0.29) is 6.10 Å². The molecule has 1 aliphatic rings. The molecule has 0 spiro atoms. The molecule has 0 unspecified atom stereocenters. The van der Waals surface area contributed by atoms with Crippen LogP contribution >= 0.6 is 0 Å². The van der Waals surface area contributed by atoms with Gasteiger partial charge in [-0.15, -0.1) is 0 Å². The first-order chi connectivity index (χ1) is 6.75. The maximum Gasteiger partial charge on any atom is 0.213 e. The van der Waals surface area contributed by atoms with Crippen molar-refractivity contribution in [2.45, 2.75) is 25.9 Å². The van der Waals surface area contributed by atoms with E-state index in [1.807, 2.05) is 18.2 Å². The number of hydrogen-bond acceptors (Lipinski definition) is 3. The van der Waals surface area contributed by atoms with Crippen LogP contribution in [0.5, 0.6) is 5.88 Å². The van der Waals surface area contributed by atoms with Crippen molar-refractivity contribution in [2.75, 3.05) is 13.2 Å². The number of ether oxygens (including phenoxy) is 2. The number of aromatic nitrogens is 1. The van der Waals surface area contributed by atoms with Gasteiger partial charge in [0.25, 0.3) is 0 Å². The van der Waals surface area contributed by atoms with Crippen molar-refractivity contribution in [2.24, 2.45) is 0 Å². The summed E-state index contributed by atoms with van der Waals surface area (Å²) < 4.78 is 10.6. The molecule has 3 heteroatoms. The van der Waals surface area contributed by atoms with Crippen molar-refractivity contribution in [3.8, 4) is 5.88 Å². The summed E-state index contributed by atoms with van der Waals surface area (Å²) in [6.07, 6.45) is 0.199. The Balaban J connectivity index is 2.05. The molecule has 0 N–H and O–H groups in total. The Labute approximate surface area is 84.1 Å². The van der Waals surface area contributed by atoms with Crippen LogP contribution in [-0.2, 0) is 4.74 Å². The molecule has 0 atom stereocenters. The van der Waals surface area contributed by atoms with Gasteiger partial charge in [0.2, 0.25) is 5.88 Å². The second kappa shape index (κ2) is 3.96. The molecule has 76 valence electrons. The van der Waals surface area contributed by atoms with E-state index in [0.29, 0.717) is 25.0 Å². The summed E-state index contributed by atoms with van der Waals surface area (Å²) in [4.78, 5) is 4.42. The van der Waals surface area contributed by atoms with Gasteiger partial charge < -0.3 is 9.47 Å². The molecule has 3 nitrogen and oxygen atoms in total. The lowest BCUT2D eigenvalue weighted by Gasteiger charge is -2.26. The van der Waals surface area contributed by atoms with E-state index in [4.69, 9.17) is 9.47 Å². The zero-order chi connectivity index (χ0) is 9.97. The normalized spacial score (nSPS) is 16.8. The summed E-state index contributed by atoms with van der Waals surface area (Å²) in [5.41, 5.74) is 1.07. The lowest BCUT2D eigenvalue weighted by molar-refractivity contribution is -0.0814. The van der Waals surface area contributed by atoms with Crippen molar-refractivity contribution in [1.29, 1.82) is 0 Å². The average Bonchev–Trinajstić information content (AvgIpc) is 2.12. The average molecular weight is 193 g/mol. The number of hydrogen-bond donors (Lipinski definition) is 0. The molecular weight excluding hydrogens is 178 g/mol. The highest BCUT2D eigenvalue weighted by Crippen LogP contribution is 2.17. The molecule has 2 rings (SSSR count). The SMILES string of the molecule is CC(C)c1cccc(OC2COC2)n1. The summed E-state index contributed by atoms with van der Waals surface area (Å²) in [6.45, 7) is 5.62. The lowest BCUT2D eigenvalue weighted by Crippen LogP contribution is -2.38. The van der Waals surface area contributed by atoms with Crippen molar-refractivity contribution >= 4 is 0 Å². The summed E-state index contributed by atoms with van der Waals surface area (Å²) in [6, 6.07) is 5.90. The van der Waals surface area contributed by atoms with Crippen LogP contribution in [0.2, 0.25) is 0 Å². The molecule has 0 radical (unpaired) electrons. The van der Waals surface area contributed by atoms with Crippen LogP contribution in [0.3, 0.4) is 0 Å². The standard InChI is InChI=1S/C11H15NO2/c1-8(2)10-4-3-5-11(12-10)14-9-6-13-7-9/h3-5,8-9H,6-7H2,1-2H3. The van der Waals surface area contributed by atoms with Crippen molar-refractivity contribution in [3.05, 3.63) is 23.9 Å². The van der Waals surface area contributed by atoms with Gasteiger partial charge in [0, 0.05) is 11.8 Å². The fourth-order valence-corrected chi connectivity index (χ4v) is 1.27. The van der Waals surface area contributed by atoms with Gasteiger partial charge in [0.15, 0.2) is 0 Å². The number of nitrogens with zero attached hydrogens (tertiary/aromatic N) is 1. The quantitative estimate of drug-likeness (QED) is 0.735. The van der Waals surface area contributed by atoms with Crippen molar-refractivity contribution in [3.63, 3.8) is 0 Å². The minimum Gasteiger partial charge on any atom is -0.469 e. The van der Waals surface area contributed by atoms with E-state index >= 15 is 0 Å². The molecule has 0 amide bonds. The summed E-state index contributed by atoms with van der Waals surface area (Å²) in [7, 11) is 0. The highest BCUT2D eigenvalue weighted by Gasteiger charge is 2.20. The molecular formula is C11H15NO2. The Morgan fingerprint density at radius 3 is 2.79 bits per heavy atom. The van der Waals surface area contributed by atoms with Crippen LogP contribution in [0.4, 0.5) is 0 Å². The monoisotopic (exact) mass is 193 g/mol. The Kier molecular flexibility index (Phi) is 2.68. The van der Waals surface area contributed by atoms with Crippen LogP contribution in [0.25, 0.3) is 0 Å². The third kappa shape index (κ3) is 2.04. The molecule has 0 aromatic carbocycles. The minimum absolute atomic E-state index is 0.199. The van der Waals surface area contributed by atoms with E-state index in [1.165, 1.54) is 0 Å².